The zero-order valence-corrected chi connectivity index (χ0v) is 17.2. The number of unbranched alkanes of at least 4 members (excludes halogenated alkanes) is 7. The van der Waals surface area contributed by atoms with Crippen molar-refractivity contribution in [2.75, 3.05) is 11.0 Å². The van der Waals surface area contributed by atoms with Gasteiger partial charge in [-0.3, -0.25) is 15.3 Å². The number of aromatic nitrogens is 2. The van der Waals surface area contributed by atoms with E-state index in [0.29, 0.717) is 12.2 Å². The molecule has 0 aromatic carbocycles. The molecule has 0 radical (unpaired) electrons. The number of allylic oxidation sites excluding steroid dienone is 1. The van der Waals surface area contributed by atoms with Crippen LogP contribution in [-0.4, -0.2) is 22.6 Å². The standard InChI is InChI=1S/C19H33N5OS/c1-4-6-7-8-9-10-11-12-13-20-19(25)17-18(16(5-2)21-22-17)24-23-15(3)14-26-24/h14,23H,4-13H2,1-3H3,(H,20,25)(H,21,22). The van der Waals surface area contributed by atoms with E-state index in [1.165, 1.54) is 56.9 Å². The number of hydrogen-bond acceptors (Lipinski definition) is 5. The molecule has 0 unspecified atom stereocenters. The first kappa shape index (κ1) is 20.7. The van der Waals surface area contributed by atoms with E-state index in [1.54, 1.807) is 0 Å². The minimum absolute atomic E-state index is 0.106. The minimum atomic E-state index is -0.106. The van der Waals surface area contributed by atoms with Crippen LogP contribution < -0.4 is 15.2 Å². The Morgan fingerprint density at radius 1 is 1.15 bits per heavy atom. The molecule has 0 bridgehead atoms. The van der Waals surface area contributed by atoms with Crippen molar-refractivity contribution in [3.63, 3.8) is 0 Å². The number of H-pyrrole nitrogens is 1. The van der Waals surface area contributed by atoms with Crippen LogP contribution in [-0.2, 0) is 6.42 Å². The molecule has 1 aromatic heterocycles. The number of nitrogens with zero attached hydrogens (tertiary/aromatic N) is 2. The van der Waals surface area contributed by atoms with Crippen molar-refractivity contribution in [1.82, 2.24) is 20.9 Å². The summed E-state index contributed by atoms with van der Waals surface area (Å²) in [6.07, 6.45) is 10.9. The van der Waals surface area contributed by atoms with Crippen LogP contribution in [0.2, 0.25) is 0 Å². The van der Waals surface area contributed by atoms with Gasteiger partial charge in [-0.1, -0.05) is 58.8 Å². The Bertz CT molecular complexity index is 599. The summed E-state index contributed by atoms with van der Waals surface area (Å²) in [5.74, 6) is -0.106. The number of hydrazine groups is 1. The first-order valence-electron chi connectivity index (χ1n) is 9.93. The number of hydrogen-bond donors (Lipinski definition) is 3. The van der Waals surface area contributed by atoms with Crippen molar-refractivity contribution in [2.24, 2.45) is 0 Å². The highest BCUT2D eigenvalue weighted by Gasteiger charge is 2.26. The van der Waals surface area contributed by atoms with Crippen LogP contribution in [0, 0.1) is 0 Å². The van der Waals surface area contributed by atoms with Crippen LogP contribution in [0.3, 0.4) is 0 Å². The highest BCUT2D eigenvalue weighted by Crippen LogP contribution is 2.32. The van der Waals surface area contributed by atoms with Crippen molar-refractivity contribution in [3.8, 4) is 0 Å². The van der Waals surface area contributed by atoms with Gasteiger partial charge in [0.25, 0.3) is 5.91 Å². The maximum Gasteiger partial charge on any atom is 0.274 e. The summed E-state index contributed by atoms with van der Waals surface area (Å²) < 4.78 is 1.91. The average Bonchev–Trinajstić information content (AvgIpc) is 3.25. The number of anilines is 1. The van der Waals surface area contributed by atoms with Crippen molar-refractivity contribution in [2.45, 2.75) is 78.6 Å². The Morgan fingerprint density at radius 2 is 1.85 bits per heavy atom. The molecule has 2 heterocycles. The summed E-state index contributed by atoms with van der Waals surface area (Å²) in [4.78, 5) is 12.6. The molecule has 1 amide bonds. The SMILES string of the molecule is CCCCCCCCCCNC(=O)c1n[nH]c(CC)c1N1NC(C)=CS1. The Morgan fingerprint density at radius 3 is 2.46 bits per heavy atom. The summed E-state index contributed by atoms with van der Waals surface area (Å²) >= 11 is 1.53. The quantitative estimate of drug-likeness (QED) is 0.363. The lowest BCUT2D eigenvalue weighted by molar-refractivity contribution is 0.0948. The van der Waals surface area contributed by atoms with Gasteiger partial charge in [-0.2, -0.15) is 5.10 Å². The predicted molar refractivity (Wildman–Crippen MR) is 110 cm³/mol. The predicted octanol–water partition coefficient (Wildman–Crippen LogP) is 4.68. The maximum atomic E-state index is 12.6. The third-order valence-electron chi connectivity index (χ3n) is 4.51. The molecular weight excluding hydrogens is 346 g/mol. The van der Waals surface area contributed by atoms with Gasteiger partial charge in [0.2, 0.25) is 0 Å². The third kappa shape index (κ3) is 5.97. The van der Waals surface area contributed by atoms with Crippen molar-refractivity contribution >= 4 is 23.5 Å². The number of carbonyl (C=O) groups is 1. The largest absolute Gasteiger partial charge is 0.351 e. The molecule has 1 aliphatic heterocycles. The van der Waals surface area contributed by atoms with Gasteiger partial charge in [0.1, 0.15) is 5.69 Å². The zero-order valence-electron chi connectivity index (χ0n) is 16.4. The topological polar surface area (TPSA) is 73.0 Å². The fraction of sp³-hybridized carbons (Fsp3) is 0.684. The second-order valence-electron chi connectivity index (χ2n) is 6.80. The molecule has 26 heavy (non-hydrogen) atoms. The second-order valence-corrected chi connectivity index (χ2v) is 7.61. The van der Waals surface area contributed by atoms with Crippen LogP contribution >= 0.6 is 11.9 Å². The Kier molecular flexibility index (Phi) is 8.88. The molecule has 0 spiro atoms. The van der Waals surface area contributed by atoms with E-state index in [9.17, 15) is 4.79 Å². The van der Waals surface area contributed by atoms with Crippen molar-refractivity contribution in [1.29, 1.82) is 0 Å². The van der Waals surface area contributed by atoms with Gasteiger partial charge in [-0.15, -0.1) is 0 Å². The fourth-order valence-corrected chi connectivity index (χ4v) is 3.81. The van der Waals surface area contributed by atoms with E-state index in [4.69, 9.17) is 0 Å². The maximum absolute atomic E-state index is 12.6. The Hall–Kier alpha value is -1.63. The van der Waals surface area contributed by atoms with E-state index in [0.717, 1.165) is 29.9 Å². The number of aromatic amines is 1. The fourth-order valence-electron chi connectivity index (χ4n) is 2.99. The van der Waals surface area contributed by atoms with Gasteiger partial charge >= 0.3 is 0 Å². The van der Waals surface area contributed by atoms with Crippen LogP contribution in [0.15, 0.2) is 11.1 Å². The highest BCUT2D eigenvalue weighted by molar-refractivity contribution is 8.03. The smallest absolute Gasteiger partial charge is 0.274 e. The first-order chi connectivity index (χ1) is 12.7. The highest BCUT2D eigenvalue weighted by atomic mass is 32.2. The van der Waals surface area contributed by atoms with E-state index in [-0.39, 0.29) is 5.91 Å². The lowest BCUT2D eigenvalue weighted by Crippen LogP contribution is -2.30. The normalized spacial score (nSPS) is 13.7. The van der Waals surface area contributed by atoms with Gasteiger partial charge in [0.05, 0.1) is 5.69 Å². The number of nitrogens with one attached hydrogen (secondary N) is 3. The number of amides is 1. The Balaban J connectivity index is 1.75. The van der Waals surface area contributed by atoms with E-state index < -0.39 is 0 Å². The second kappa shape index (κ2) is 11.2. The molecule has 0 fully saturated rings. The van der Waals surface area contributed by atoms with Gasteiger partial charge in [0, 0.05) is 29.6 Å². The number of aryl methyl sites for hydroxylation is 1. The van der Waals surface area contributed by atoms with Crippen LogP contribution in [0.4, 0.5) is 5.69 Å². The van der Waals surface area contributed by atoms with Gasteiger partial charge in [-0.25, -0.2) is 4.41 Å². The molecule has 146 valence electrons. The third-order valence-corrected chi connectivity index (χ3v) is 5.46. The molecule has 0 aliphatic carbocycles. The van der Waals surface area contributed by atoms with Crippen LogP contribution in [0.5, 0.6) is 0 Å². The van der Waals surface area contributed by atoms with Crippen molar-refractivity contribution < 1.29 is 4.79 Å². The van der Waals surface area contributed by atoms with E-state index >= 15 is 0 Å². The van der Waals surface area contributed by atoms with Crippen LogP contribution in [0.25, 0.3) is 0 Å². The summed E-state index contributed by atoms with van der Waals surface area (Å²) in [6.45, 7) is 7.01. The molecule has 1 aromatic rings. The number of carbonyl (C=O) groups excluding carboxylic acids is 1. The molecule has 1 aliphatic rings. The summed E-state index contributed by atoms with van der Waals surface area (Å²) in [6, 6.07) is 0. The lowest BCUT2D eigenvalue weighted by atomic mass is 10.1. The Labute approximate surface area is 161 Å². The molecule has 0 saturated heterocycles. The van der Waals surface area contributed by atoms with E-state index in [1.807, 2.05) is 16.7 Å². The van der Waals surface area contributed by atoms with Crippen LogP contribution in [0.1, 0.15) is 88.3 Å². The summed E-state index contributed by atoms with van der Waals surface area (Å²) in [5.41, 5.74) is 6.57. The molecule has 0 atom stereocenters. The monoisotopic (exact) mass is 379 g/mol. The molecule has 7 heteroatoms. The summed E-state index contributed by atoms with van der Waals surface area (Å²) in [5, 5.41) is 12.3. The average molecular weight is 380 g/mol. The zero-order chi connectivity index (χ0) is 18.8. The number of rotatable bonds is 12. The minimum Gasteiger partial charge on any atom is -0.351 e. The molecule has 2 rings (SSSR count). The van der Waals surface area contributed by atoms with Crippen molar-refractivity contribution in [3.05, 3.63) is 22.5 Å². The van der Waals surface area contributed by atoms with Gasteiger partial charge in [-0.05, 0) is 19.8 Å². The first-order valence-corrected chi connectivity index (χ1v) is 10.8. The summed E-state index contributed by atoms with van der Waals surface area (Å²) in [7, 11) is 0. The molecule has 3 N–H and O–H groups in total. The molecule has 0 saturated carbocycles. The lowest BCUT2D eigenvalue weighted by Gasteiger charge is -2.18. The van der Waals surface area contributed by atoms with Gasteiger partial charge < -0.3 is 5.32 Å². The molecular formula is C19H33N5OS. The van der Waals surface area contributed by atoms with Gasteiger partial charge in [0.15, 0.2) is 5.69 Å². The van der Waals surface area contributed by atoms with E-state index in [2.05, 4.69) is 34.8 Å². The molecule has 6 nitrogen and oxygen atoms in total.